The number of carbonyl (C=O) groups excluding carboxylic acids is 2. The molecular formula is C26H27N5O5. The number of carbonyl (C=O) groups is 2. The van der Waals surface area contributed by atoms with Crippen LogP contribution < -0.4 is 21.1 Å². The molecule has 0 unspecified atom stereocenters. The lowest BCUT2D eigenvalue weighted by molar-refractivity contribution is -0.121. The zero-order chi connectivity index (χ0) is 25.2. The van der Waals surface area contributed by atoms with E-state index in [2.05, 4.69) is 20.6 Å². The summed E-state index contributed by atoms with van der Waals surface area (Å²) in [6.45, 7) is 1.95. The molecule has 10 nitrogen and oxygen atoms in total. The van der Waals surface area contributed by atoms with Crippen molar-refractivity contribution in [2.75, 3.05) is 17.7 Å². The summed E-state index contributed by atoms with van der Waals surface area (Å²) in [6, 6.07) is 10.9. The van der Waals surface area contributed by atoms with Crippen molar-refractivity contribution in [1.29, 1.82) is 0 Å². The zero-order valence-electron chi connectivity index (χ0n) is 20.0. The Morgan fingerprint density at radius 3 is 2.67 bits per heavy atom. The summed E-state index contributed by atoms with van der Waals surface area (Å²) in [5, 5.41) is 5.76. The lowest BCUT2D eigenvalue weighted by atomic mass is 9.85. The third-order valence-electron chi connectivity index (χ3n) is 6.77. The Morgan fingerprint density at radius 1 is 1.14 bits per heavy atom. The summed E-state index contributed by atoms with van der Waals surface area (Å²) in [5.74, 6) is 0.196. The van der Waals surface area contributed by atoms with Crippen molar-refractivity contribution < 1.29 is 18.7 Å². The number of benzene rings is 2. The minimum Gasteiger partial charge on any atom is -0.496 e. The number of hydrogen-bond acceptors (Lipinski definition) is 6. The fourth-order valence-electron chi connectivity index (χ4n) is 4.87. The maximum Gasteiger partial charge on any atom is 0.326 e. The van der Waals surface area contributed by atoms with Gasteiger partial charge in [0.1, 0.15) is 5.75 Å². The summed E-state index contributed by atoms with van der Waals surface area (Å²) in [5.41, 5.74) is 3.19. The zero-order valence-corrected chi connectivity index (χ0v) is 20.0. The number of methoxy groups -OCH3 is 1. The topological polar surface area (TPSA) is 131 Å². The van der Waals surface area contributed by atoms with Crippen LogP contribution in [0.5, 0.6) is 5.75 Å². The molecule has 1 saturated carbocycles. The van der Waals surface area contributed by atoms with Gasteiger partial charge in [-0.1, -0.05) is 12.1 Å². The predicted molar refractivity (Wildman–Crippen MR) is 134 cm³/mol. The third kappa shape index (κ3) is 4.49. The molecule has 0 bridgehead atoms. The third-order valence-corrected chi connectivity index (χ3v) is 6.77. The number of H-pyrrole nitrogens is 1. The molecule has 0 aliphatic heterocycles. The quantitative estimate of drug-likeness (QED) is 0.371. The van der Waals surface area contributed by atoms with Crippen molar-refractivity contribution in [3.63, 3.8) is 0 Å². The van der Waals surface area contributed by atoms with Gasteiger partial charge in [-0.25, -0.2) is 9.78 Å². The number of anilines is 2. The second kappa shape index (κ2) is 9.73. The van der Waals surface area contributed by atoms with Crippen LogP contribution >= 0.6 is 0 Å². The Labute approximate surface area is 206 Å². The summed E-state index contributed by atoms with van der Waals surface area (Å²) in [7, 11) is 1.61. The Hall–Kier alpha value is -4.34. The molecule has 5 rings (SSSR count). The molecule has 4 aromatic rings. The average molecular weight is 490 g/mol. The molecule has 2 amide bonds. The number of fused-ring (bicyclic) bond motifs is 1. The highest BCUT2D eigenvalue weighted by atomic mass is 16.5. The molecule has 0 spiro atoms. The van der Waals surface area contributed by atoms with Crippen molar-refractivity contribution in [2.45, 2.75) is 38.6 Å². The number of para-hydroxylation sites is 1. The fourth-order valence-corrected chi connectivity index (χ4v) is 4.87. The summed E-state index contributed by atoms with van der Waals surface area (Å²) < 4.78 is 12.1. The first-order chi connectivity index (χ1) is 17.4. The Kier molecular flexibility index (Phi) is 6.32. The maximum atomic E-state index is 12.9. The second-order valence-corrected chi connectivity index (χ2v) is 9.00. The second-order valence-electron chi connectivity index (χ2n) is 9.00. The smallest absolute Gasteiger partial charge is 0.326 e. The van der Waals surface area contributed by atoms with Crippen LogP contribution in [0.1, 0.15) is 47.8 Å². The van der Waals surface area contributed by atoms with Crippen LogP contribution in [0.25, 0.3) is 11.0 Å². The molecule has 2 aromatic heterocycles. The number of hydrogen-bond donors (Lipinski definition) is 3. The van der Waals surface area contributed by atoms with Gasteiger partial charge >= 0.3 is 5.69 Å². The average Bonchev–Trinajstić information content (AvgIpc) is 3.54. The van der Waals surface area contributed by atoms with Gasteiger partial charge in [-0.2, -0.15) is 0 Å². The molecule has 1 aliphatic rings. The number of nitrogens with one attached hydrogen (secondary N) is 3. The molecule has 10 heteroatoms. The monoisotopic (exact) mass is 489 g/mol. The number of amides is 2. The van der Waals surface area contributed by atoms with E-state index >= 15 is 0 Å². The molecule has 1 fully saturated rings. The highest BCUT2D eigenvalue weighted by Gasteiger charge is 2.29. The van der Waals surface area contributed by atoms with Crippen LogP contribution in [0.3, 0.4) is 0 Å². The maximum absolute atomic E-state index is 12.9. The van der Waals surface area contributed by atoms with Crippen LogP contribution in [0, 0.1) is 12.8 Å². The van der Waals surface area contributed by atoms with E-state index in [0.29, 0.717) is 48.1 Å². The van der Waals surface area contributed by atoms with Crippen LogP contribution in [0.4, 0.5) is 11.4 Å². The van der Waals surface area contributed by atoms with E-state index < -0.39 is 5.91 Å². The largest absolute Gasteiger partial charge is 0.496 e. The SMILES string of the molecule is COc1cc(NC(=O)[C@H]2CC[C@@H](n3c(=O)[nH]c4c(NC(=O)c5cnco5)cccc43)CC2)ccc1C. The first-order valence-corrected chi connectivity index (χ1v) is 11.8. The Bertz CT molecular complexity index is 1460. The van der Waals surface area contributed by atoms with E-state index in [-0.39, 0.29) is 29.3 Å². The van der Waals surface area contributed by atoms with Gasteiger partial charge < -0.3 is 24.8 Å². The number of nitrogens with zero attached hydrogens (tertiary/aromatic N) is 2. The molecule has 186 valence electrons. The van der Waals surface area contributed by atoms with Crippen LogP contribution in [0.15, 0.2) is 58.2 Å². The van der Waals surface area contributed by atoms with Crippen LogP contribution in [-0.2, 0) is 4.79 Å². The standard InChI is InChI=1S/C26H27N5O5/c1-15-6-9-17(12-21(15)35-2)28-24(32)16-7-10-18(11-8-16)31-20-5-3-4-19(23(20)30-26(31)34)29-25(33)22-13-27-14-36-22/h3-6,9,12-14,16,18H,7-8,10-11H2,1-2H3,(H,28,32)(H,29,33)(H,30,34)/t16-,18+. The number of aromatic nitrogens is 3. The first-order valence-electron chi connectivity index (χ1n) is 11.8. The number of aryl methyl sites for hydroxylation is 1. The summed E-state index contributed by atoms with van der Waals surface area (Å²) >= 11 is 0. The van der Waals surface area contributed by atoms with Crippen LogP contribution in [-0.4, -0.2) is 33.5 Å². The van der Waals surface area contributed by atoms with Gasteiger partial charge in [0.25, 0.3) is 5.91 Å². The van der Waals surface area contributed by atoms with Crippen molar-refractivity contribution in [3.8, 4) is 5.75 Å². The number of ether oxygens (including phenoxy) is 1. The summed E-state index contributed by atoms with van der Waals surface area (Å²) in [6.07, 6.45) is 5.23. The lowest BCUT2D eigenvalue weighted by Crippen LogP contribution is -2.31. The van der Waals surface area contributed by atoms with Crippen molar-refractivity contribution in [1.82, 2.24) is 14.5 Å². The predicted octanol–water partition coefficient (Wildman–Crippen LogP) is 4.26. The first kappa shape index (κ1) is 23.4. The number of aromatic amines is 1. The minimum absolute atomic E-state index is 0.0250. The van der Waals surface area contributed by atoms with E-state index in [4.69, 9.17) is 9.15 Å². The van der Waals surface area contributed by atoms with Gasteiger partial charge in [0.2, 0.25) is 11.7 Å². The molecule has 2 heterocycles. The van der Waals surface area contributed by atoms with Gasteiger partial charge in [0.15, 0.2) is 6.39 Å². The number of rotatable bonds is 6. The van der Waals surface area contributed by atoms with E-state index in [9.17, 15) is 14.4 Å². The molecular weight excluding hydrogens is 462 g/mol. The van der Waals surface area contributed by atoms with Crippen molar-refractivity contribution in [2.24, 2.45) is 5.92 Å². The Morgan fingerprint density at radius 2 is 1.94 bits per heavy atom. The van der Waals surface area contributed by atoms with Crippen molar-refractivity contribution >= 4 is 34.2 Å². The van der Waals surface area contributed by atoms with E-state index in [0.717, 1.165) is 11.3 Å². The normalized spacial score (nSPS) is 17.6. The van der Waals surface area contributed by atoms with Gasteiger partial charge in [0.05, 0.1) is 30.0 Å². The van der Waals surface area contributed by atoms with Gasteiger partial charge in [-0.3, -0.25) is 14.2 Å². The van der Waals surface area contributed by atoms with Gasteiger partial charge in [-0.05, 0) is 56.4 Å². The van der Waals surface area contributed by atoms with E-state index in [1.54, 1.807) is 23.8 Å². The Balaban J connectivity index is 1.28. The lowest BCUT2D eigenvalue weighted by Gasteiger charge is -2.28. The number of oxazole rings is 1. The molecule has 36 heavy (non-hydrogen) atoms. The minimum atomic E-state index is -0.452. The molecule has 0 atom stereocenters. The van der Waals surface area contributed by atoms with E-state index in [1.165, 1.54) is 12.6 Å². The summed E-state index contributed by atoms with van der Waals surface area (Å²) in [4.78, 5) is 44.9. The fraction of sp³-hybridized carbons (Fsp3) is 0.308. The van der Waals surface area contributed by atoms with Crippen molar-refractivity contribution in [3.05, 3.63) is 70.8 Å². The number of imidazole rings is 1. The van der Waals surface area contributed by atoms with E-state index in [1.807, 2.05) is 31.2 Å². The molecule has 1 aliphatic carbocycles. The molecule has 3 N–H and O–H groups in total. The molecule has 2 aromatic carbocycles. The molecule has 0 radical (unpaired) electrons. The van der Waals surface area contributed by atoms with Gasteiger partial charge in [-0.15, -0.1) is 0 Å². The molecule has 0 saturated heterocycles. The van der Waals surface area contributed by atoms with Crippen LogP contribution in [0.2, 0.25) is 0 Å². The highest BCUT2D eigenvalue weighted by molar-refractivity contribution is 6.06. The highest BCUT2D eigenvalue weighted by Crippen LogP contribution is 2.35. The van der Waals surface area contributed by atoms with Gasteiger partial charge in [0, 0.05) is 23.7 Å².